The minimum Gasteiger partial charge on any atom is -0.503 e. The standard InChI is InChI=1S/C14H12Br2ClNO2/c1-20-13-5-8(4-10(16)14(13)19)7-18-12-3-2-9(15)6-11(12)17/h2-6,18-19H,7H2,1H3. The van der Waals surface area contributed by atoms with Crippen LogP contribution in [0.25, 0.3) is 0 Å². The molecule has 0 radical (unpaired) electrons. The second-order valence-corrected chi connectivity index (χ2v) is 6.28. The molecular weight excluding hydrogens is 409 g/mol. The first-order valence-electron chi connectivity index (χ1n) is 5.75. The zero-order valence-corrected chi connectivity index (χ0v) is 14.5. The van der Waals surface area contributed by atoms with Gasteiger partial charge < -0.3 is 15.2 Å². The van der Waals surface area contributed by atoms with Crippen LogP contribution in [0.4, 0.5) is 5.69 Å². The van der Waals surface area contributed by atoms with E-state index in [1.165, 1.54) is 7.11 Å². The van der Waals surface area contributed by atoms with Gasteiger partial charge in [-0.05, 0) is 51.8 Å². The van der Waals surface area contributed by atoms with Crippen LogP contribution in [0.3, 0.4) is 0 Å². The maximum absolute atomic E-state index is 9.76. The van der Waals surface area contributed by atoms with Crippen LogP contribution in [0.15, 0.2) is 39.3 Å². The zero-order chi connectivity index (χ0) is 14.7. The Hall–Kier alpha value is -0.910. The van der Waals surface area contributed by atoms with E-state index in [9.17, 15) is 5.11 Å². The van der Waals surface area contributed by atoms with Crippen LogP contribution in [-0.4, -0.2) is 12.2 Å². The molecule has 0 atom stereocenters. The van der Waals surface area contributed by atoms with Crippen molar-refractivity contribution in [3.63, 3.8) is 0 Å². The van der Waals surface area contributed by atoms with Crippen molar-refractivity contribution in [3.05, 3.63) is 49.9 Å². The van der Waals surface area contributed by atoms with Gasteiger partial charge in [0.25, 0.3) is 0 Å². The second-order valence-electron chi connectivity index (χ2n) is 4.11. The molecule has 0 unspecified atom stereocenters. The molecule has 0 aliphatic carbocycles. The maximum Gasteiger partial charge on any atom is 0.172 e. The summed E-state index contributed by atoms with van der Waals surface area (Å²) in [6, 6.07) is 9.26. The highest BCUT2D eigenvalue weighted by atomic mass is 79.9. The number of halogens is 3. The maximum atomic E-state index is 9.76. The fourth-order valence-electron chi connectivity index (χ4n) is 1.72. The van der Waals surface area contributed by atoms with E-state index >= 15 is 0 Å². The molecule has 0 fully saturated rings. The average Bonchev–Trinajstić information content (AvgIpc) is 2.41. The van der Waals surface area contributed by atoms with Crippen LogP contribution >= 0.6 is 43.5 Å². The molecule has 3 nitrogen and oxygen atoms in total. The fourth-order valence-corrected chi connectivity index (χ4v) is 2.94. The van der Waals surface area contributed by atoms with Gasteiger partial charge in [0, 0.05) is 11.0 Å². The Kier molecular flexibility index (Phi) is 5.18. The summed E-state index contributed by atoms with van der Waals surface area (Å²) in [5, 5.41) is 13.6. The number of ether oxygens (including phenoxy) is 1. The Morgan fingerprint density at radius 3 is 2.65 bits per heavy atom. The summed E-state index contributed by atoms with van der Waals surface area (Å²) in [5.41, 5.74) is 1.81. The number of phenols is 1. The van der Waals surface area contributed by atoms with Gasteiger partial charge in [-0.2, -0.15) is 0 Å². The lowest BCUT2D eigenvalue weighted by molar-refractivity contribution is 0.371. The molecule has 20 heavy (non-hydrogen) atoms. The first-order chi connectivity index (χ1) is 9.51. The van der Waals surface area contributed by atoms with Crippen molar-refractivity contribution in [1.29, 1.82) is 0 Å². The Morgan fingerprint density at radius 1 is 1.25 bits per heavy atom. The highest BCUT2D eigenvalue weighted by molar-refractivity contribution is 9.10. The summed E-state index contributed by atoms with van der Waals surface area (Å²) in [6.45, 7) is 0.566. The van der Waals surface area contributed by atoms with E-state index in [1.807, 2.05) is 24.3 Å². The van der Waals surface area contributed by atoms with Crippen molar-refractivity contribution in [3.8, 4) is 11.5 Å². The number of hydrogen-bond donors (Lipinski definition) is 2. The average molecular weight is 422 g/mol. The summed E-state index contributed by atoms with van der Waals surface area (Å²) >= 11 is 12.8. The lowest BCUT2D eigenvalue weighted by Crippen LogP contribution is -2.00. The van der Waals surface area contributed by atoms with Gasteiger partial charge in [0.15, 0.2) is 11.5 Å². The van der Waals surface area contributed by atoms with Crippen LogP contribution in [0.5, 0.6) is 11.5 Å². The minimum absolute atomic E-state index is 0.0953. The molecule has 2 rings (SSSR count). The van der Waals surface area contributed by atoms with Gasteiger partial charge in [-0.15, -0.1) is 0 Å². The molecular formula is C14H12Br2ClNO2. The summed E-state index contributed by atoms with van der Waals surface area (Å²) in [5.74, 6) is 0.524. The second kappa shape index (κ2) is 6.70. The van der Waals surface area contributed by atoms with Gasteiger partial charge in [-0.3, -0.25) is 0 Å². The molecule has 2 N–H and O–H groups in total. The van der Waals surface area contributed by atoms with Gasteiger partial charge >= 0.3 is 0 Å². The fraction of sp³-hybridized carbons (Fsp3) is 0.143. The minimum atomic E-state index is 0.0953. The van der Waals surface area contributed by atoms with Gasteiger partial charge in [-0.25, -0.2) is 0 Å². The van der Waals surface area contributed by atoms with Crippen molar-refractivity contribution < 1.29 is 9.84 Å². The lowest BCUT2D eigenvalue weighted by Gasteiger charge is -2.11. The number of phenolic OH excluding ortho intramolecular Hbond substituents is 1. The van der Waals surface area contributed by atoms with E-state index in [-0.39, 0.29) is 5.75 Å². The number of benzene rings is 2. The van der Waals surface area contributed by atoms with E-state index < -0.39 is 0 Å². The van der Waals surface area contributed by atoms with Crippen molar-refractivity contribution in [2.45, 2.75) is 6.54 Å². The Morgan fingerprint density at radius 2 is 2.00 bits per heavy atom. The van der Waals surface area contributed by atoms with E-state index in [1.54, 1.807) is 6.07 Å². The summed E-state index contributed by atoms with van der Waals surface area (Å²) < 4.78 is 6.64. The van der Waals surface area contributed by atoms with Crippen molar-refractivity contribution in [2.75, 3.05) is 12.4 Å². The summed E-state index contributed by atoms with van der Waals surface area (Å²) in [4.78, 5) is 0. The van der Waals surface area contributed by atoms with E-state index in [0.29, 0.717) is 21.8 Å². The number of nitrogens with one attached hydrogen (secondary N) is 1. The molecule has 106 valence electrons. The highest BCUT2D eigenvalue weighted by Gasteiger charge is 2.09. The van der Waals surface area contributed by atoms with Crippen molar-refractivity contribution in [1.82, 2.24) is 0 Å². The third-order valence-corrected chi connectivity index (χ3v) is 4.13. The van der Waals surface area contributed by atoms with Crippen LogP contribution in [0.1, 0.15) is 5.56 Å². The van der Waals surface area contributed by atoms with Crippen molar-refractivity contribution in [2.24, 2.45) is 0 Å². The third kappa shape index (κ3) is 3.59. The predicted molar refractivity (Wildman–Crippen MR) is 88.8 cm³/mol. The molecule has 0 aliphatic rings. The molecule has 0 aliphatic heterocycles. The van der Waals surface area contributed by atoms with E-state index in [2.05, 4.69) is 37.2 Å². The Balaban J connectivity index is 2.16. The lowest BCUT2D eigenvalue weighted by atomic mass is 10.2. The van der Waals surface area contributed by atoms with Crippen LogP contribution in [-0.2, 0) is 6.54 Å². The summed E-state index contributed by atoms with van der Waals surface area (Å²) in [7, 11) is 1.52. The smallest absolute Gasteiger partial charge is 0.172 e. The molecule has 6 heteroatoms. The zero-order valence-electron chi connectivity index (χ0n) is 10.6. The van der Waals surface area contributed by atoms with Gasteiger partial charge in [0.05, 0.1) is 22.3 Å². The van der Waals surface area contributed by atoms with Crippen LogP contribution < -0.4 is 10.1 Å². The number of anilines is 1. The van der Waals surface area contributed by atoms with Gasteiger partial charge in [0.2, 0.25) is 0 Å². The van der Waals surface area contributed by atoms with Crippen molar-refractivity contribution >= 4 is 49.1 Å². The predicted octanol–water partition coefficient (Wildman–Crippen LogP) is 5.19. The molecule has 2 aromatic carbocycles. The normalized spacial score (nSPS) is 10.4. The summed E-state index contributed by atoms with van der Waals surface area (Å²) in [6.07, 6.45) is 0. The molecule has 0 aromatic heterocycles. The van der Waals surface area contributed by atoms with Gasteiger partial charge in [-0.1, -0.05) is 27.5 Å². The SMILES string of the molecule is COc1cc(CNc2ccc(Br)cc2Cl)cc(Br)c1O. The molecule has 0 amide bonds. The topological polar surface area (TPSA) is 41.5 Å². The molecule has 0 spiro atoms. The monoisotopic (exact) mass is 419 g/mol. The first-order valence-corrected chi connectivity index (χ1v) is 7.72. The molecule has 2 aromatic rings. The largest absolute Gasteiger partial charge is 0.503 e. The van der Waals surface area contributed by atoms with E-state index in [4.69, 9.17) is 16.3 Å². The quantitative estimate of drug-likeness (QED) is 0.714. The molecule has 0 saturated carbocycles. The highest BCUT2D eigenvalue weighted by Crippen LogP contribution is 2.35. The van der Waals surface area contributed by atoms with Crippen LogP contribution in [0, 0.1) is 0 Å². The number of hydrogen-bond acceptors (Lipinski definition) is 3. The van der Waals surface area contributed by atoms with E-state index in [0.717, 1.165) is 15.7 Å². The Labute approximate surface area is 139 Å². The number of aromatic hydroxyl groups is 1. The molecule has 0 bridgehead atoms. The third-order valence-electron chi connectivity index (χ3n) is 2.72. The molecule has 0 saturated heterocycles. The Bertz CT molecular complexity index is 635. The molecule has 0 heterocycles. The number of rotatable bonds is 4. The number of methoxy groups -OCH3 is 1. The van der Waals surface area contributed by atoms with Crippen LogP contribution in [0.2, 0.25) is 5.02 Å². The first kappa shape index (κ1) is 15.5. The van der Waals surface area contributed by atoms with Gasteiger partial charge in [0.1, 0.15) is 0 Å².